The van der Waals surface area contributed by atoms with Gasteiger partial charge in [0.15, 0.2) is 21.3 Å². The maximum Gasteiger partial charge on any atom is 0.176 e. The zero-order valence-electron chi connectivity index (χ0n) is 11.5. The highest BCUT2D eigenvalue weighted by Gasteiger charge is 2.15. The van der Waals surface area contributed by atoms with E-state index >= 15 is 0 Å². The van der Waals surface area contributed by atoms with Crippen molar-refractivity contribution in [1.29, 1.82) is 0 Å². The summed E-state index contributed by atoms with van der Waals surface area (Å²) >= 11 is 0. The molecule has 0 spiro atoms. The summed E-state index contributed by atoms with van der Waals surface area (Å²) in [5.74, 6) is 1.13. The highest BCUT2D eigenvalue weighted by Crippen LogP contribution is 2.34. The van der Waals surface area contributed by atoms with Crippen LogP contribution in [0, 0.1) is 6.07 Å². The molecule has 2 aromatic rings. The van der Waals surface area contributed by atoms with Crippen LogP contribution >= 0.6 is 0 Å². The molecule has 4 nitrogen and oxygen atoms in total. The lowest BCUT2D eigenvalue weighted by Gasteiger charge is -2.11. The lowest BCUT2D eigenvalue weighted by molar-refractivity contribution is 0.355. The third kappa shape index (κ3) is 2.77. The summed E-state index contributed by atoms with van der Waals surface area (Å²) in [6.45, 7) is 0. The van der Waals surface area contributed by atoms with E-state index in [4.69, 9.17) is 9.47 Å². The summed E-state index contributed by atoms with van der Waals surface area (Å²) in [6.07, 6.45) is 1.18. The van der Waals surface area contributed by atoms with Gasteiger partial charge in [-0.1, -0.05) is 18.2 Å². The molecule has 0 saturated carbocycles. The first-order chi connectivity index (χ1) is 9.47. The number of sulfone groups is 1. The average Bonchev–Trinajstić information content (AvgIpc) is 2.45. The molecule has 5 heteroatoms. The summed E-state index contributed by atoms with van der Waals surface area (Å²) in [6, 6.07) is 13.1. The number of benzene rings is 2. The van der Waals surface area contributed by atoms with Crippen molar-refractivity contribution in [1.82, 2.24) is 0 Å². The molecule has 0 saturated heterocycles. The van der Waals surface area contributed by atoms with Gasteiger partial charge in [0.1, 0.15) is 0 Å². The molecule has 2 rings (SSSR count). The lowest BCUT2D eigenvalue weighted by Crippen LogP contribution is -2.00. The minimum Gasteiger partial charge on any atom is -0.493 e. The Bertz CT molecular complexity index is 720. The summed E-state index contributed by atoms with van der Waals surface area (Å²) < 4.78 is 34.1. The largest absolute Gasteiger partial charge is 0.493 e. The molecule has 0 fully saturated rings. The third-order valence-corrected chi connectivity index (χ3v) is 4.03. The van der Waals surface area contributed by atoms with Crippen molar-refractivity contribution in [3.63, 3.8) is 0 Å². The first-order valence-corrected chi connectivity index (χ1v) is 7.79. The van der Waals surface area contributed by atoms with Crippen LogP contribution in [-0.2, 0) is 9.84 Å². The first kappa shape index (κ1) is 14.4. The van der Waals surface area contributed by atoms with Crippen molar-refractivity contribution < 1.29 is 17.9 Å². The summed E-state index contributed by atoms with van der Waals surface area (Å²) in [7, 11) is -0.235. The SMILES string of the molecule is COc1ccc(-c2[c]cccc2S(C)(=O)=O)cc1OC. The van der Waals surface area contributed by atoms with Crippen LogP contribution in [0.25, 0.3) is 11.1 Å². The Balaban J connectivity index is 2.64. The average molecular weight is 291 g/mol. The lowest BCUT2D eigenvalue weighted by atomic mass is 10.1. The molecule has 2 aromatic carbocycles. The zero-order chi connectivity index (χ0) is 14.8. The van der Waals surface area contributed by atoms with E-state index in [2.05, 4.69) is 6.07 Å². The van der Waals surface area contributed by atoms with Gasteiger partial charge in [-0.25, -0.2) is 8.42 Å². The zero-order valence-corrected chi connectivity index (χ0v) is 12.3. The quantitative estimate of drug-likeness (QED) is 0.869. The molecule has 105 valence electrons. The second-order valence-electron chi connectivity index (χ2n) is 4.25. The Morgan fingerprint density at radius 3 is 2.35 bits per heavy atom. The van der Waals surface area contributed by atoms with E-state index in [1.807, 2.05) is 0 Å². The Hall–Kier alpha value is -2.01. The van der Waals surface area contributed by atoms with E-state index in [0.29, 0.717) is 22.6 Å². The fourth-order valence-electron chi connectivity index (χ4n) is 1.95. The Kier molecular flexibility index (Phi) is 3.99. The summed E-state index contributed by atoms with van der Waals surface area (Å²) in [4.78, 5) is 0.243. The van der Waals surface area contributed by atoms with Crippen LogP contribution in [0.4, 0.5) is 0 Å². The van der Waals surface area contributed by atoms with Gasteiger partial charge < -0.3 is 9.47 Å². The van der Waals surface area contributed by atoms with Crippen molar-refractivity contribution in [3.8, 4) is 22.6 Å². The van der Waals surface area contributed by atoms with Crippen molar-refractivity contribution in [2.24, 2.45) is 0 Å². The van der Waals surface area contributed by atoms with Gasteiger partial charge in [0.2, 0.25) is 0 Å². The summed E-state index contributed by atoms with van der Waals surface area (Å²) in [5.41, 5.74) is 1.24. The molecular weight excluding hydrogens is 276 g/mol. The minimum atomic E-state index is -3.32. The van der Waals surface area contributed by atoms with Gasteiger partial charge in [-0.15, -0.1) is 0 Å². The number of hydrogen-bond donors (Lipinski definition) is 0. The number of ether oxygens (including phenoxy) is 2. The van der Waals surface area contributed by atoms with Crippen LogP contribution in [0.3, 0.4) is 0 Å². The van der Waals surface area contributed by atoms with E-state index < -0.39 is 9.84 Å². The van der Waals surface area contributed by atoms with Gasteiger partial charge in [0.25, 0.3) is 0 Å². The topological polar surface area (TPSA) is 52.6 Å². The molecule has 1 radical (unpaired) electrons. The monoisotopic (exact) mass is 291 g/mol. The van der Waals surface area contributed by atoms with Gasteiger partial charge in [-0.3, -0.25) is 0 Å². The maximum atomic E-state index is 11.8. The molecule has 0 aliphatic carbocycles. The maximum absolute atomic E-state index is 11.8. The van der Waals surface area contributed by atoms with E-state index in [9.17, 15) is 8.42 Å². The second-order valence-corrected chi connectivity index (χ2v) is 6.24. The predicted molar refractivity (Wildman–Crippen MR) is 76.9 cm³/mol. The molecule has 0 atom stereocenters. The molecule has 0 amide bonds. The van der Waals surface area contributed by atoms with E-state index in [0.717, 1.165) is 0 Å². The van der Waals surface area contributed by atoms with E-state index in [1.54, 1.807) is 43.5 Å². The number of methoxy groups -OCH3 is 2. The molecular formula is C15H15O4S. The van der Waals surface area contributed by atoms with Gasteiger partial charge in [0.05, 0.1) is 19.1 Å². The Labute approximate surface area is 118 Å². The number of rotatable bonds is 4. The first-order valence-electron chi connectivity index (χ1n) is 5.90. The van der Waals surface area contributed by atoms with Crippen LogP contribution in [0.5, 0.6) is 11.5 Å². The normalized spacial score (nSPS) is 11.2. The van der Waals surface area contributed by atoms with Crippen LogP contribution in [0.1, 0.15) is 0 Å². The predicted octanol–water partition coefficient (Wildman–Crippen LogP) is 2.57. The van der Waals surface area contributed by atoms with Crippen molar-refractivity contribution >= 4 is 9.84 Å². The highest BCUT2D eigenvalue weighted by molar-refractivity contribution is 7.90. The van der Waals surface area contributed by atoms with E-state index in [-0.39, 0.29) is 4.90 Å². The molecule has 0 unspecified atom stereocenters. The molecule has 0 N–H and O–H groups in total. The highest BCUT2D eigenvalue weighted by atomic mass is 32.2. The van der Waals surface area contributed by atoms with Gasteiger partial charge >= 0.3 is 0 Å². The Morgan fingerprint density at radius 1 is 1.05 bits per heavy atom. The fourth-order valence-corrected chi connectivity index (χ4v) is 2.82. The second kappa shape index (κ2) is 5.54. The van der Waals surface area contributed by atoms with Crippen molar-refractivity contribution in [2.45, 2.75) is 4.90 Å². The molecule has 0 heterocycles. The Morgan fingerprint density at radius 2 is 1.75 bits per heavy atom. The van der Waals surface area contributed by atoms with Crippen LogP contribution < -0.4 is 9.47 Å². The van der Waals surface area contributed by atoms with Crippen LogP contribution in [0.15, 0.2) is 41.3 Å². The van der Waals surface area contributed by atoms with Gasteiger partial charge in [0, 0.05) is 11.8 Å². The number of hydrogen-bond acceptors (Lipinski definition) is 4. The van der Waals surface area contributed by atoms with Gasteiger partial charge in [-0.05, 0) is 29.8 Å². The molecule has 0 bridgehead atoms. The molecule has 0 aliphatic heterocycles. The van der Waals surface area contributed by atoms with Crippen molar-refractivity contribution in [2.75, 3.05) is 20.5 Å². The molecule has 0 aliphatic rings. The minimum absolute atomic E-state index is 0.243. The van der Waals surface area contributed by atoms with E-state index in [1.165, 1.54) is 13.4 Å². The smallest absolute Gasteiger partial charge is 0.176 e. The van der Waals surface area contributed by atoms with Crippen molar-refractivity contribution in [3.05, 3.63) is 42.5 Å². The van der Waals surface area contributed by atoms with Crippen LogP contribution in [-0.4, -0.2) is 28.9 Å². The van der Waals surface area contributed by atoms with Gasteiger partial charge in [-0.2, -0.15) is 0 Å². The third-order valence-electron chi connectivity index (χ3n) is 2.89. The molecule has 0 aromatic heterocycles. The summed E-state index contributed by atoms with van der Waals surface area (Å²) in [5, 5.41) is 0. The fraction of sp³-hybridized carbons (Fsp3) is 0.200. The standard InChI is InChI=1S/C15H15O4S/c1-18-13-9-8-11(10-14(13)19-2)12-6-4-5-7-15(12)20(3,16)17/h4-5,7-10H,1-3H3. The molecule has 20 heavy (non-hydrogen) atoms. The van der Waals surface area contributed by atoms with Crippen LogP contribution in [0.2, 0.25) is 0 Å².